The fourth-order valence-electron chi connectivity index (χ4n) is 3.51. The molecule has 0 spiro atoms. The fourth-order valence-corrected chi connectivity index (χ4v) is 5.05. The maximum Gasteiger partial charge on any atom is 0.161 e. The van der Waals surface area contributed by atoms with Gasteiger partial charge in [0.15, 0.2) is 15.2 Å². The van der Waals surface area contributed by atoms with Crippen LogP contribution >= 0.6 is 0 Å². The van der Waals surface area contributed by atoms with E-state index in [4.69, 9.17) is 10.1 Å². The maximum absolute atomic E-state index is 11.6. The highest BCUT2D eigenvalue weighted by Crippen LogP contribution is 2.17. The Hall–Kier alpha value is -0.690. The molecule has 25 heavy (non-hydrogen) atoms. The largest absolute Gasteiger partial charge is 0.379 e. The molecule has 0 atom stereocenters. The van der Waals surface area contributed by atoms with Crippen molar-refractivity contribution in [2.45, 2.75) is 78.1 Å². The van der Waals surface area contributed by atoms with Gasteiger partial charge >= 0.3 is 0 Å². The Morgan fingerprint density at radius 3 is 1.64 bits per heavy atom. The number of sulfone groups is 1. The molecule has 150 valence electrons. The Morgan fingerprint density at radius 2 is 1.24 bits per heavy atom. The molecule has 0 aromatic carbocycles. The zero-order valence-corrected chi connectivity index (χ0v) is 17.1. The lowest BCUT2D eigenvalue weighted by atomic mass is 10.1. The molecule has 0 bridgehead atoms. The number of hydrogen-bond donors (Lipinski definition) is 1. The first kappa shape index (κ1) is 24.3. The summed E-state index contributed by atoms with van der Waals surface area (Å²) in [5.74, 6) is 0.803. The summed E-state index contributed by atoms with van der Waals surface area (Å²) in [5, 5.41) is 7.89. The SMILES string of the molecule is CCCCCCCCCCCC[N+]1(CC)CCS(=O)(=O)CC1.O=NO. The van der Waals surface area contributed by atoms with Crippen molar-refractivity contribution in [1.82, 2.24) is 0 Å². The lowest BCUT2D eigenvalue weighted by molar-refractivity contribution is -0.923. The average molecular weight is 380 g/mol. The molecule has 0 aromatic rings. The normalized spacial score (nSPS) is 18.2. The zero-order valence-electron chi connectivity index (χ0n) is 16.3. The molecule has 0 aliphatic carbocycles. The van der Waals surface area contributed by atoms with Crippen molar-refractivity contribution in [2.75, 3.05) is 37.7 Å². The van der Waals surface area contributed by atoms with Gasteiger partial charge < -0.3 is 9.69 Å². The van der Waals surface area contributed by atoms with Gasteiger partial charge in [-0.15, -0.1) is 4.91 Å². The lowest BCUT2D eigenvalue weighted by Crippen LogP contribution is -2.57. The van der Waals surface area contributed by atoms with Gasteiger partial charge in [-0.3, -0.25) is 0 Å². The van der Waals surface area contributed by atoms with Crippen molar-refractivity contribution >= 4 is 9.84 Å². The Labute approximate surface area is 154 Å². The predicted molar refractivity (Wildman–Crippen MR) is 103 cm³/mol. The predicted octanol–water partition coefficient (Wildman–Crippen LogP) is 4.31. The van der Waals surface area contributed by atoms with Crippen LogP contribution < -0.4 is 0 Å². The molecular formula is C18H39N2O4S+. The number of rotatable bonds is 12. The third-order valence-electron chi connectivity index (χ3n) is 5.41. The van der Waals surface area contributed by atoms with E-state index < -0.39 is 9.84 Å². The van der Waals surface area contributed by atoms with Crippen LogP contribution in [0.2, 0.25) is 0 Å². The van der Waals surface area contributed by atoms with Crippen molar-refractivity contribution in [3.63, 3.8) is 0 Å². The van der Waals surface area contributed by atoms with Gasteiger partial charge in [0.1, 0.15) is 0 Å². The van der Waals surface area contributed by atoms with Gasteiger partial charge in [-0.25, -0.2) is 8.42 Å². The Kier molecular flexibility index (Phi) is 14.1. The molecule has 0 amide bonds. The minimum Gasteiger partial charge on any atom is -0.379 e. The van der Waals surface area contributed by atoms with E-state index in [0.717, 1.165) is 24.1 Å². The number of nitrogens with zero attached hydrogens (tertiary/aromatic N) is 2. The summed E-state index contributed by atoms with van der Waals surface area (Å²) in [5.41, 5.74) is 0. The highest BCUT2D eigenvalue weighted by atomic mass is 32.2. The second-order valence-corrected chi connectivity index (χ2v) is 9.55. The summed E-state index contributed by atoms with van der Waals surface area (Å²) < 4.78 is 24.2. The van der Waals surface area contributed by atoms with E-state index in [0.29, 0.717) is 11.5 Å². The van der Waals surface area contributed by atoms with Crippen LogP contribution in [0.25, 0.3) is 0 Å². The van der Waals surface area contributed by atoms with Gasteiger partial charge in [0.25, 0.3) is 0 Å². The van der Waals surface area contributed by atoms with Gasteiger partial charge in [0.05, 0.1) is 37.7 Å². The van der Waals surface area contributed by atoms with E-state index in [1.165, 1.54) is 76.1 Å². The van der Waals surface area contributed by atoms with E-state index in [1.54, 1.807) is 0 Å². The summed E-state index contributed by atoms with van der Waals surface area (Å²) >= 11 is 0. The summed E-state index contributed by atoms with van der Waals surface area (Å²) in [4.78, 5) is 8.11. The molecule has 1 fully saturated rings. The van der Waals surface area contributed by atoms with Crippen molar-refractivity contribution in [3.05, 3.63) is 4.91 Å². The fraction of sp³-hybridized carbons (Fsp3) is 1.00. The second kappa shape index (κ2) is 14.5. The molecule has 1 aliphatic heterocycles. The van der Waals surface area contributed by atoms with E-state index in [1.807, 2.05) is 0 Å². The number of unbranched alkanes of at least 4 members (excludes halogenated alkanes) is 9. The van der Waals surface area contributed by atoms with E-state index >= 15 is 0 Å². The van der Waals surface area contributed by atoms with Crippen LogP contribution in [0.3, 0.4) is 0 Å². The summed E-state index contributed by atoms with van der Waals surface area (Å²) in [6.45, 7) is 8.44. The van der Waals surface area contributed by atoms with Crippen LogP contribution in [0.4, 0.5) is 0 Å². The standard InChI is InChI=1S/C18H38NO2S.HNO2/c1-3-5-6-7-8-9-10-11-12-13-14-19(4-2)15-17-22(20,21)18-16-19;2-1-3/h3-18H2,1-2H3;(H,2,3)/q+1;. The smallest absolute Gasteiger partial charge is 0.161 e. The van der Waals surface area contributed by atoms with Crippen LogP contribution in [0.5, 0.6) is 0 Å². The van der Waals surface area contributed by atoms with Gasteiger partial charge in [0, 0.05) is 0 Å². The lowest BCUT2D eigenvalue weighted by Gasteiger charge is -2.40. The molecule has 0 radical (unpaired) electrons. The highest BCUT2D eigenvalue weighted by molar-refractivity contribution is 7.91. The first-order chi connectivity index (χ1) is 11.9. The van der Waals surface area contributed by atoms with Crippen molar-refractivity contribution in [3.8, 4) is 0 Å². The van der Waals surface area contributed by atoms with Crippen LogP contribution in [-0.2, 0) is 9.84 Å². The monoisotopic (exact) mass is 379 g/mol. The van der Waals surface area contributed by atoms with E-state index in [-0.39, 0.29) is 0 Å². The van der Waals surface area contributed by atoms with E-state index in [9.17, 15) is 8.42 Å². The topological polar surface area (TPSA) is 83.8 Å². The summed E-state index contributed by atoms with van der Waals surface area (Å²) in [6, 6.07) is 0. The molecule has 7 heteroatoms. The molecular weight excluding hydrogens is 340 g/mol. The zero-order chi connectivity index (χ0) is 19.0. The van der Waals surface area contributed by atoms with Crippen molar-refractivity contribution in [2.24, 2.45) is 5.34 Å². The first-order valence-corrected chi connectivity index (χ1v) is 11.8. The number of hydrogen-bond acceptors (Lipinski definition) is 4. The van der Waals surface area contributed by atoms with Crippen molar-refractivity contribution in [1.29, 1.82) is 0 Å². The second-order valence-electron chi connectivity index (χ2n) is 7.24. The van der Waals surface area contributed by atoms with Crippen LogP contribution in [0.15, 0.2) is 5.34 Å². The van der Waals surface area contributed by atoms with Gasteiger partial charge in [-0.2, -0.15) is 0 Å². The molecule has 0 saturated carbocycles. The molecule has 1 rings (SSSR count). The minimum atomic E-state index is -2.73. The Morgan fingerprint density at radius 1 is 0.840 bits per heavy atom. The third kappa shape index (κ3) is 12.3. The van der Waals surface area contributed by atoms with Crippen LogP contribution in [-0.4, -0.2) is 55.8 Å². The summed E-state index contributed by atoms with van der Waals surface area (Å²) in [6.07, 6.45) is 13.7. The number of quaternary nitrogens is 1. The average Bonchev–Trinajstić information content (AvgIpc) is 2.59. The van der Waals surface area contributed by atoms with Crippen LogP contribution in [0.1, 0.15) is 78.1 Å². The van der Waals surface area contributed by atoms with Gasteiger partial charge in [-0.1, -0.05) is 58.3 Å². The quantitative estimate of drug-likeness (QED) is 0.237. The molecule has 0 unspecified atom stereocenters. The van der Waals surface area contributed by atoms with Gasteiger partial charge in [0.2, 0.25) is 0 Å². The molecule has 6 nitrogen and oxygen atoms in total. The van der Waals surface area contributed by atoms with Crippen LogP contribution in [0, 0.1) is 4.91 Å². The Bertz CT molecular complexity index is 413. The third-order valence-corrected chi connectivity index (χ3v) is 7.02. The molecule has 1 heterocycles. The molecule has 1 aliphatic rings. The minimum absolute atomic E-state index is 0.401. The summed E-state index contributed by atoms with van der Waals surface area (Å²) in [7, 11) is -2.73. The highest BCUT2D eigenvalue weighted by Gasteiger charge is 2.34. The molecule has 0 aromatic heterocycles. The first-order valence-electron chi connectivity index (χ1n) is 9.97. The Balaban J connectivity index is 0.00000178. The van der Waals surface area contributed by atoms with Gasteiger partial charge in [-0.05, 0) is 19.8 Å². The van der Waals surface area contributed by atoms with E-state index in [2.05, 4.69) is 13.8 Å². The van der Waals surface area contributed by atoms with Crippen molar-refractivity contribution < 1.29 is 18.1 Å². The molecule has 1 saturated heterocycles. The molecule has 1 N–H and O–H groups in total. The maximum atomic E-state index is 11.6.